The van der Waals surface area contributed by atoms with Gasteiger partial charge in [0.05, 0.1) is 0 Å². The Labute approximate surface area is 95.2 Å². The van der Waals surface area contributed by atoms with Crippen LogP contribution in [0.5, 0.6) is 0 Å². The highest BCUT2D eigenvalue weighted by Gasteiger charge is 2.01. The molecule has 0 amide bonds. The van der Waals surface area contributed by atoms with E-state index in [9.17, 15) is 0 Å². The van der Waals surface area contributed by atoms with E-state index in [-0.39, 0.29) is 0 Å². The topological polar surface area (TPSA) is 0 Å². The van der Waals surface area contributed by atoms with Gasteiger partial charge in [-0.1, -0.05) is 54.6 Å². The quantitative estimate of drug-likeness (QED) is 0.557. The van der Waals surface area contributed by atoms with Gasteiger partial charge in [0, 0.05) is 0 Å². The third-order valence-electron chi connectivity index (χ3n) is 2.73. The molecule has 0 heteroatoms. The van der Waals surface area contributed by atoms with Gasteiger partial charge >= 0.3 is 0 Å². The molecule has 0 unspecified atom stereocenters. The van der Waals surface area contributed by atoms with Crippen molar-refractivity contribution in [3.63, 3.8) is 0 Å². The van der Waals surface area contributed by atoms with E-state index in [1.807, 2.05) is 18.2 Å². The highest BCUT2D eigenvalue weighted by molar-refractivity contribution is 5.96. The second-order valence-electron chi connectivity index (χ2n) is 3.73. The van der Waals surface area contributed by atoms with Crippen LogP contribution >= 0.6 is 0 Å². The second kappa shape index (κ2) is 3.82. The maximum Gasteiger partial charge on any atom is -0.00928 e. The molecule has 0 nitrogen and oxygen atoms in total. The summed E-state index contributed by atoms with van der Waals surface area (Å²) in [5.41, 5.74) is 2.31. The van der Waals surface area contributed by atoms with Crippen LogP contribution in [0.15, 0.2) is 60.7 Å². The van der Waals surface area contributed by atoms with Gasteiger partial charge in [-0.3, -0.25) is 0 Å². The van der Waals surface area contributed by atoms with E-state index in [0.29, 0.717) is 0 Å². The second-order valence-corrected chi connectivity index (χ2v) is 3.73. The molecule has 0 aromatic heterocycles. The van der Waals surface area contributed by atoms with Gasteiger partial charge in [-0.25, -0.2) is 0 Å². The summed E-state index contributed by atoms with van der Waals surface area (Å²) in [7, 11) is 0. The summed E-state index contributed by atoms with van der Waals surface area (Å²) < 4.78 is 0. The van der Waals surface area contributed by atoms with Crippen molar-refractivity contribution in [1.29, 1.82) is 0 Å². The van der Waals surface area contributed by atoms with Crippen LogP contribution in [0, 0.1) is 12.1 Å². The van der Waals surface area contributed by atoms with E-state index in [1.165, 1.54) is 16.3 Å². The minimum Gasteiger partial charge on any atom is -0.0616 e. The number of benzene rings is 3. The van der Waals surface area contributed by atoms with Crippen LogP contribution in [-0.4, -0.2) is 0 Å². The zero-order valence-electron chi connectivity index (χ0n) is 8.77. The lowest BCUT2D eigenvalue weighted by atomic mass is 9.98. The Hall–Kier alpha value is -2.08. The van der Waals surface area contributed by atoms with E-state index in [4.69, 9.17) is 0 Å². The third-order valence-corrected chi connectivity index (χ3v) is 2.73. The van der Waals surface area contributed by atoms with Crippen LogP contribution in [-0.2, 0) is 0 Å². The first-order chi connectivity index (χ1) is 7.95. The van der Waals surface area contributed by atoms with E-state index >= 15 is 0 Å². The Kier molecular flexibility index (Phi) is 2.19. The SMILES string of the molecule is [c]1cc[c]c(-c2cccc3ccccc23)c1. The summed E-state index contributed by atoms with van der Waals surface area (Å²) in [5.74, 6) is 0. The monoisotopic (exact) mass is 202 g/mol. The average Bonchev–Trinajstić information content (AvgIpc) is 2.39. The van der Waals surface area contributed by atoms with E-state index < -0.39 is 0 Å². The van der Waals surface area contributed by atoms with E-state index in [1.54, 1.807) is 0 Å². The molecule has 0 N–H and O–H groups in total. The third kappa shape index (κ3) is 1.49. The van der Waals surface area contributed by atoms with Crippen molar-refractivity contribution in [2.45, 2.75) is 0 Å². The molecule has 3 rings (SSSR count). The summed E-state index contributed by atoms with van der Waals surface area (Å²) in [6.45, 7) is 0. The van der Waals surface area contributed by atoms with Crippen LogP contribution in [0.2, 0.25) is 0 Å². The van der Waals surface area contributed by atoms with Crippen molar-refractivity contribution in [1.82, 2.24) is 0 Å². The predicted octanol–water partition coefficient (Wildman–Crippen LogP) is 4.11. The number of hydrogen-bond donors (Lipinski definition) is 0. The van der Waals surface area contributed by atoms with Crippen molar-refractivity contribution < 1.29 is 0 Å². The molecule has 0 fully saturated rings. The molecule has 16 heavy (non-hydrogen) atoms. The fourth-order valence-electron chi connectivity index (χ4n) is 1.97. The van der Waals surface area contributed by atoms with Gasteiger partial charge < -0.3 is 0 Å². The standard InChI is InChI=1S/C16H10/c1-2-7-13(8-3-1)16-12-6-10-14-9-4-5-11-15(14)16/h1-2,4-6,8-12H. The first-order valence-electron chi connectivity index (χ1n) is 5.31. The van der Waals surface area contributed by atoms with E-state index in [0.717, 1.165) is 5.56 Å². The fourth-order valence-corrected chi connectivity index (χ4v) is 1.97. The molecule has 0 heterocycles. The van der Waals surface area contributed by atoms with Crippen LogP contribution in [0.1, 0.15) is 0 Å². The summed E-state index contributed by atoms with van der Waals surface area (Å²) >= 11 is 0. The van der Waals surface area contributed by atoms with Gasteiger partial charge in [0.25, 0.3) is 0 Å². The minimum absolute atomic E-state index is 1.10. The summed E-state index contributed by atoms with van der Waals surface area (Å²) in [4.78, 5) is 0. The number of fused-ring (bicyclic) bond motifs is 1. The normalized spacial score (nSPS) is 10.5. The van der Waals surface area contributed by atoms with Gasteiger partial charge in [-0.15, -0.1) is 0 Å². The molecule has 74 valence electrons. The number of hydrogen-bond acceptors (Lipinski definition) is 0. The lowest BCUT2D eigenvalue weighted by Crippen LogP contribution is -1.80. The Morgan fingerprint density at radius 1 is 0.812 bits per heavy atom. The molecule has 0 aliphatic carbocycles. The Morgan fingerprint density at radius 2 is 1.69 bits per heavy atom. The van der Waals surface area contributed by atoms with Gasteiger partial charge in [0.15, 0.2) is 0 Å². The summed E-state index contributed by atoms with van der Waals surface area (Å²) in [6, 6.07) is 26.8. The fraction of sp³-hybridized carbons (Fsp3) is 0. The van der Waals surface area contributed by atoms with Gasteiger partial charge in [0.2, 0.25) is 0 Å². The molecule has 0 atom stereocenters. The Bertz CT molecular complexity index is 604. The van der Waals surface area contributed by atoms with Gasteiger partial charge in [0.1, 0.15) is 0 Å². The molecule has 0 aliphatic rings. The first-order valence-corrected chi connectivity index (χ1v) is 5.31. The lowest BCUT2D eigenvalue weighted by Gasteiger charge is -2.05. The largest absolute Gasteiger partial charge is 0.0616 e. The van der Waals surface area contributed by atoms with Crippen molar-refractivity contribution in [3.05, 3.63) is 72.8 Å². The van der Waals surface area contributed by atoms with Crippen LogP contribution in [0.25, 0.3) is 21.9 Å². The molecule has 0 saturated heterocycles. The molecule has 0 saturated carbocycles. The van der Waals surface area contributed by atoms with Gasteiger partial charge in [-0.05, 0) is 40.1 Å². The van der Waals surface area contributed by atoms with E-state index in [2.05, 4.69) is 54.6 Å². The maximum absolute atomic E-state index is 3.25. The van der Waals surface area contributed by atoms with Crippen molar-refractivity contribution >= 4 is 10.8 Å². The average molecular weight is 202 g/mol. The number of rotatable bonds is 1. The molecule has 0 spiro atoms. The van der Waals surface area contributed by atoms with Crippen molar-refractivity contribution in [2.24, 2.45) is 0 Å². The summed E-state index contributed by atoms with van der Waals surface area (Å²) in [5, 5.41) is 2.53. The van der Waals surface area contributed by atoms with Crippen LogP contribution in [0.3, 0.4) is 0 Å². The lowest BCUT2D eigenvalue weighted by molar-refractivity contribution is 1.63. The molecule has 0 bridgehead atoms. The first kappa shape index (κ1) is 9.17. The molecule has 3 aromatic carbocycles. The predicted molar refractivity (Wildman–Crippen MR) is 67.1 cm³/mol. The zero-order chi connectivity index (χ0) is 10.8. The molecule has 0 aliphatic heterocycles. The molecular weight excluding hydrogens is 192 g/mol. The molecule has 2 radical (unpaired) electrons. The van der Waals surface area contributed by atoms with Crippen molar-refractivity contribution in [2.75, 3.05) is 0 Å². The van der Waals surface area contributed by atoms with Crippen LogP contribution < -0.4 is 0 Å². The minimum atomic E-state index is 1.10. The van der Waals surface area contributed by atoms with Crippen LogP contribution in [0.4, 0.5) is 0 Å². The van der Waals surface area contributed by atoms with Gasteiger partial charge in [-0.2, -0.15) is 0 Å². The molecule has 3 aromatic rings. The highest BCUT2D eigenvalue weighted by atomic mass is 14.0. The van der Waals surface area contributed by atoms with Crippen molar-refractivity contribution in [3.8, 4) is 11.1 Å². The zero-order valence-corrected chi connectivity index (χ0v) is 8.77. The Balaban J connectivity index is 2.32. The Morgan fingerprint density at radius 3 is 2.56 bits per heavy atom. The highest BCUT2D eigenvalue weighted by Crippen LogP contribution is 2.27. The summed E-state index contributed by atoms with van der Waals surface area (Å²) in [6.07, 6.45) is 0. The maximum atomic E-state index is 3.25. The molecular formula is C16H10. The smallest absolute Gasteiger partial charge is 0.00928 e.